The number of thioether (sulfide) groups is 1. The average Bonchev–Trinajstić information content (AvgIpc) is 0.803. The first-order valence-electron chi connectivity index (χ1n) is 36.5. The van der Waals surface area contributed by atoms with Crippen LogP contribution in [0.15, 0.2) is 12.2 Å². The summed E-state index contributed by atoms with van der Waals surface area (Å²) in [6, 6.07) is -14.4. The van der Waals surface area contributed by atoms with E-state index in [0.29, 0.717) is 5.75 Å². The van der Waals surface area contributed by atoms with Crippen LogP contribution in [0.4, 0.5) is 0 Å². The number of hydrogen-bond acceptors (Lipinski definition) is 16. The van der Waals surface area contributed by atoms with Crippen LogP contribution in [0, 0.1) is 35.5 Å². The van der Waals surface area contributed by atoms with Gasteiger partial charge in [-0.25, -0.2) is 0 Å². The first-order valence-corrected chi connectivity index (χ1v) is 37.7. The number of aliphatic hydroxyl groups excluding tert-OH is 1. The van der Waals surface area contributed by atoms with Crippen molar-refractivity contribution >= 4 is 76.7 Å². The molecule has 0 unspecified atom stereocenters. The third-order valence-electron chi connectivity index (χ3n) is 19.4. The maximum absolute atomic E-state index is 15.5. The van der Waals surface area contributed by atoms with Crippen molar-refractivity contribution in [3.05, 3.63) is 12.2 Å². The Morgan fingerprint density at radius 1 is 0.500 bits per heavy atom. The van der Waals surface area contributed by atoms with Gasteiger partial charge in [-0.1, -0.05) is 102 Å². The SMILES string of the molecule is CC=CC[C@@H](C)[C@@H](O)[C@H]1C(=O)N[C@@H](CC)C(=O)N(C)[C@H](CSCCCN2CCN(CCC)CC2)C(=O)N(C)[C@@H](CC(C)(C)O)C(=O)N[C@@H](C(C)C)C(=O)N(C)[C@@H](CC(C)C)C(=O)N[C@@H](C)C(=O)N[C@H](C)C(=O)N(C)[C@@H](CC(C)C)C(=O)N(C)[C@@H](CC(C)C)C(=O)N(C)[C@@H](C(C)C)C(=O)N1C. The van der Waals surface area contributed by atoms with Crippen molar-refractivity contribution in [1.82, 2.24) is 65.4 Å². The molecule has 574 valence electrons. The molecule has 100 heavy (non-hydrogen) atoms. The van der Waals surface area contributed by atoms with Crippen LogP contribution in [-0.4, -0.2) is 298 Å². The van der Waals surface area contributed by atoms with E-state index >= 15 is 33.6 Å². The standard InChI is InChI=1S/C73H133N13O13S/c1-26-29-31-49(14)61(87)60-65(91)76-52(28-3)67(93)82(23)57(43-100-38-30-33-86-36-34-85(32-27-2)35-37-86)70(96)81(22)56(42-73(17,18)99)64(90)77-58(47(10)11)71(97)78(19)53(39-44(4)5)63(89)74-50(15)62(88)75-51(16)66(92)79(20)54(40-45(6)7)68(94)80(21)55(41-46(8)9)69(95)83(24)59(48(12)13)72(98)84(60)25/h26,29,44-61,87,99H,27-28,30-43H2,1-25H3,(H,74,89)(H,75,88)(H,76,91)(H,77,90)/t49-,50+,51-,52+,53+,54+,55+,56+,57-,58+,59+,60+,61-/m1/s1. The van der Waals surface area contributed by atoms with Gasteiger partial charge in [-0.05, 0) is 134 Å². The van der Waals surface area contributed by atoms with Gasteiger partial charge in [0.1, 0.15) is 66.5 Å². The highest BCUT2D eigenvalue weighted by Gasteiger charge is 2.47. The van der Waals surface area contributed by atoms with Gasteiger partial charge in [-0.2, -0.15) is 11.8 Å². The first kappa shape index (κ1) is 90.2. The molecular weight excluding hydrogens is 1300 g/mol. The number of amides is 11. The van der Waals surface area contributed by atoms with Crippen molar-refractivity contribution in [3.63, 3.8) is 0 Å². The smallest absolute Gasteiger partial charge is 0.246 e. The zero-order valence-electron chi connectivity index (χ0n) is 65.7. The third-order valence-corrected chi connectivity index (χ3v) is 20.6. The van der Waals surface area contributed by atoms with Crippen molar-refractivity contribution in [2.45, 2.75) is 254 Å². The van der Waals surface area contributed by atoms with Crippen molar-refractivity contribution < 1.29 is 63.0 Å². The molecule has 2 heterocycles. The summed E-state index contributed by atoms with van der Waals surface area (Å²) < 4.78 is 0. The average molecular weight is 1430 g/mol. The minimum absolute atomic E-state index is 0.0220. The van der Waals surface area contributed by atoms with Gasteiger partial charge in [-0.3, -0.25) is 52.7 Å². The molecule has 2 saturated heterocycles. The van der Waals surface area contributed by atoms with Crippen LogP contribution in [-0.2, 0) is 52.7 Å². The van der Waals surface area contributed by atoms with E-state index < -0.39 is 161 Å². The van der Waals surface area contributed by atoms with Gasteiger partial charge in [0.25, 0.3) is 0 Å². The maximum Gasteiger partial charge on any atom is 0.246 e. The van der Waals surface area contributed by atoms with E-state index in [1.54, 1.807) is 54.5 Å². The number of piperazine rings is 1. The molecule has 0 spiro atoms. The molecule has 0 aromatic heterocycles. The quantitative estimate of drug-likeness (QED) is 0.0624. The van der Waals surface area contributed by atoms with Crippen LogP contribution >= 0.6 is 11.8 Å². The van der Waals surface area contributed by atoms with Crippen molar-refractivity contribution in [3.8, 4) is 0 Å². The summed E-state index contributed by atoms with van der Waals surface area (Å²) in [6.45, 7) is 36.9. The number of likely N-dealkylation sites (N-methyl/N-ethyl adjacent to an activating group) is 7. The fourth-order valence-corrected chi connectivity index (χ4v) is 14.2. The number of nitrogens with zero attached hydrogens (tertiary/aromatic N) is 9. The molecule has 6 N–H and O–H groups in total. The van der Waals surface area contributed by atoms with Crippen LogP contribution < -0.4 is 21.3 Å². The van der Waals surface area contributed by atoms with Crippen LogP contribution in [0.2, 0.25) is 0 Å². The monoisotopic (exact) mass is 1430 g/mol. The summed E-state index contributed by atoms with van der Waals surface area (Å²) in [5, 5.41) is 35.0. The summed E-state index contributed by atoms with van der Waals surface area (Å²) in [4.78, 5) is 178. The molecule has 2 aliphatic heterocycles. The second-order valence-corrected chi connectivity index (χ2v) is 32.0. The lowest BCUT2D eigenvalue weighted by Crippen LogP contribution is -2.64. The Morgan fingerprint density at radius 2 is 0.940 bits per heavy atom. The Balaban J connectivity index is 3.10. The van der Waals surface area contributed by atoms with Crippen LogP contribution in [0.25, 0.3) is 0 Å². The molecule has 2 fully saturated rings. The Bertz CT molecular complexity index is 2720. The number of allylic oxidation sites excluding steroid dienone is 2. The normalized spacial score (nSPS) is 26.9. The number of nitrogens with one attached hydrogen (secondary N) is 4. The molecule has 0 aromatic rings. The van der Waals surface area contributed by atoms with E-state index in [2.05, 4.69) is 38.0 Å². The number of aliphatic hydroxyl groups is 2. The van der Waals surface area contributed by atoms with Gasteiger partial charge in [0.05, 0.1) is 11.7 Å². The molecule has 2 rings (SSSR count). The molecule has 2 aliphatic rings. The van der Waals surface area contributed by atoms with Gasteiger partial charge >= 0.3 is 0 Å². The minimum atomic E-state index is -1.66. The molecule has 0 saturated carbocycles. The van der Waals surface area contributed by atoms with E-state index in [-0.39, 0.29) is 62.0 Å². The minimum Gasteiger partial charge on any atom is -0.390 e. The molecular formula is C73H133N13O13S. The largest absolute Gasteiger partial charge is 0.390 e. The van der Waals surface area contributed by atoms with E-state index in [1.165, 1.54) is 118 Å². The molecule has 26 nitrogen and oxygen atoms in total. The molecule has 13 atom stereocenters. The topological polar surface area (TPSA) is 306 Å². The molecule has 27 heteroatoms. The van der Waals surface area contributed by atoms with Gasteiger partial charge in [0.15, 0.2) is 0 Å². The lowest BCUT2D eigenvalue weighted by atomic mass is 9.91. The summed E-state index contributed by atoms with van der Waals surface area (Å²) in [5.74, 6) is -9.58. The molecule has 0 aromatic carbocycles. The zero-order valence-corrected chi connectivity index (χ0v) is 66.5. The highest BCUT2D eigenvalue weighted by molar-refractivity contribution is 7.99. The van der Waals surface area contributed by atoms with E-state index in [0.717, 1.165) is 57.0 Å². The molecule has 0 radical (unpaired) electrons. The van der Waals surface area contributed by atoms with E-state index in [4.69, 9.17) is 0 Å². The van der Waals surface area contributed by atoms with Crippen LogP contribution in [0.5, 0.6) is 0 Å². The van der Waals surface area contributed by atoms with Crippen molar-refractivity contribution in [2.24, 2.45) is 35.5 Å². The van der Waals surface area contributed by atoms with Crippen LogP contribution in [0.1, 0.15) is 176 Å². The first-order chi connectivity index (χ1) is 46.4. The summed E-state index contributed by atoms with van der Waals surface area (Å²) >= 11 is 1.44. The second kappa shape index (κ2) is 42.0. The Morgan fingerprint density at radius 3 is 1.42 bits per heavy atom. The van der Waals surface area contributed by atoms with Gasteiger partial charge < -0.3 is 75.6 Å². The molecule has 11 amide bonds. The predicted molar refractivity (Wildman–Crippen MR) is 394 cm³/mol. The van der Waals surface area contributed by atoms with Gasteiger partial charge in [-0.15, -0.1) is 0 Å². The Kier molecular flexibility index (Phi) is 37.9. The summed E-state index contributed by atoms with van der Waals surface area (Å²) in [7, 11) is 9.95. The lowest BCUT2D eigenvalue weighted by molar-refractivity contribution is -0.157. The summed E-state index contributed by atoms with van der Waals surface area (Å²) in [6.07, 6.45) is 4.22. The van der Waals surface area contributed by atoms with E-state index in [1.807, 2.05) is 47.6 Å². The maximum atomic E-state index is 15.5. The zero-order chi connectivity index (χ0) is 76.7. The lowest BCUT2D eigenvalue weighted by Gasteiger charge is -2.41. The number of hydrogen-bond donors (Lipinski definition) is 6. The van der Waals surface area contributed by atoms with Gasteiger partial charge in [0, 0.05) is 87.7 Å². The predicted octanol–water partition coefficient (Wildman–Crippen LogP) is 3.90. The highest BCUT2D eigenvalue weighted by atomic mass is 32.2. The van der Waals surface area contributed by atoms with E-state index in [9.17, 15) is 29.4 Å². The number of rotatable bonds is 23. The van der Waals surface area contributed by atoms with Gasteiger partial charge in [0.2, 0.25) is 65.0 Å². The molecule has 0 bridgehead atoms. The molecule has 0 aliphatic carbocycles. The van der Waals surface area contributed by atoms with Crippen LogP contribution in [0.3, 0.4) is 0 Å². The second-order valence-electron chi connectivity index (χ2n) is 30.8. The number of carbonyl (C=O) groups excluding carboxylic acids is 11. The Hall–Kier alpha value is -5.90. The third kappa shape index (κ3) is 26.4. The van der Waals surface area contributed by atoms with Crippen molar-refractivity contribution in [1.29, 1.82) is 0 Å². The summed E-state index contributed by atoms with van der Waals surface area (Å²) in [5.41, 5.74) is -1.59. The Labute approximate surface area is 604 Å². The fraction of sp³-hybridized carbons (Fsp3) is 0.822. The van der Waals surface area contributed by atoms with Crippen molar-refractivity contribution in [2.75, 3.05) is 100 Å². The number of carbonyl (C=O) groups is 11. The highest BCUT2D eigenvalue weighted by Crippen LogP contribution is 2.27. The fourth-order valence-electron chi connectivity index (χ4n) is 13.1.